The first-order valence-electron chi connectivity index (χ1n) is 7.98. The van der Waals surface area contributed by atoms with E-state index in [0.717, 1.165) is 0 Å². The van der Waals surface area contributed by atoms with Gasteiger partial charge in [0.1, 0.15) is 5.75 Å². The summed E-state index contributed by atoms with van der Waals surface area (Å²) in [7, 11) is 1.56. The number of nitrogens with one attached hydrogen (secondary N) is 2. The largest absolute Gasteiger partial charge is 0.502 e. The highest BCUT2D eigenvalue weighted by atomic mass is 16.6. The van der Waals surface area contributed by atoms with Crippen molar-refractivity contribution in [3.05, 3.63) is 74.6 Å². The number of anilines is 1. The van der Waals surface area contributed by atoms with Crippen molar-refractivity contribution < 1.29 is 14.8 Å². The first kappa shape index (κ1) is 18.6. The molecule has 3 aromatic rings. The molecular weight excluding hydrogens is 366 g/mol. The van der Waals surface area contributed by atoms with Gasteiger partial charge in [0.15, 0.2) is 5.75 Å². The van der Waals surface area contributed by atoms with E-state index in [1.165, 1.54) is 30.5 Å². The van der Waals surface area contributed by atoms with Crippen LogP contribution in [0.1, 0.15) is 5.56 Å². The second kappa shape index (κ2) is 7.99. The van der Waals surface area contributed by atoms with Crippen LogP contribution in [-0.2, 0) is 0 Å². The lowest BCUT2D eigenvalue weighted by Crippen LogP contribution is -2.10. The maximum atomic E-state index is 11.9. The Bertz CT molecular complexity index is 1090. The van der Waals surface area contributed by atoms with Gasteiger partial charge in [-0.2, -0.15) is 5.10 Å². The summed E-state index contributed by atoms with van der Waals surface area (Å²) < 4.78 is 5.10. The molecule has 28 heavy (non-hydrogen) atoms. The van der Waals surface area contributed by atoms with Crippen molar-refractivity contribution in [1.82, 2.24) is 9.97 Å². The lowest BCUT2D eigenvalue weighted by atomic mass is 10.1. The van der Waals surface area contributed by atoms with Gasteiger partial charge in [0, 0.05) is 23.3 Å². The van der Waals surface area contributed by atoms with E-state index in [-0.39, 0.29) is 11.5 Å². The molecule has 0 saturated heterocycles. The van der Waals surface area contributed by atoms with Crippen LogP contribution in [0, 0.1) is 10.1 Å². The lowest BCUT2D eigenvalue weighted by molar-refractivity contribution is -0.385. The molecule has 0 atom stereocenters. The number of phenolic OH excluding ortho intramolecular Hbond substituents is 1. The molecular formula is C18H15N5O5. The maximum absolute atomic E-state index is 11.9. The Hall–Kier alpha value is -4.21. The van der Waals surface area contributed by atoms with Crippen molar-refractivity contribution in [2.24, 2.45) is 5.10 Å². The highest BCUT2D eigenvalue weighted by Crippen LogP contribution is 2.25. The van der Waals surface area contributed by atoms with Crippen molar-refractivity contribution in [1.29, 1.82) is 0 Å². The Morgan fingerprint density at radius 2 is 2.00 bits per heavy atom. The number of benzene rings is 2. The maximum Gasteiger partial charge on any atom is 0.311 e. The molecule has 3 N–H and O–H groups in total. The van der Waals surface area contributed by atoms with Crippen LogP contribution in [-0.4, -0.2) is 33.3 Å². The minimum absolute atomic E-state index is 0.0999. The Morgan fingerprint density at radius 1 is 1.25 bits per heavy atom. The third-order valence-corrected chi connectivity index (χ3v) is 3.71. The van der Waals surface area contributed by atoms with E-state index >= 15 is 0 Å². The number of aromatic nitrogens is 2. The predicted octanol–water partition coefficient (Wildman–Crippen LogP) is 2.51. The number of aromatic amines is 1. The minimum Gasteiger partial charge on any atom is -0.502 e. The fraction of sp³-hybridized carbons (Fsp3) is 0.0556. The van der Waals surface area contributed by atoms with Crippen LogP contribution in [0.15, 0.2) is 58.4 Å². The van der Waals surface area contributed by atoms with Crippen molar-refractivity contribution in [3.8, 4) is 22.8 Å². The molecule has 1 aromatic heterocycles. The standard InChI is InChI=1S/C18H15N5O5/c1-28-13-5-3-12(4-6-13)14-9-17(25)21-18(20-14)22-19-10-11-2-7-16(24)15(8-11)23(26)27/h2-10,24H,1H3,(H2,20,21,22,25)/b19-10-. The molecule has 0 radical (unpaired) electrons. The van der Waals surface area contributed by atoms with Gasteiger partial charge in [-0.05, 0) is 36.4 Å². The van der Waals surface area contributed by atoms with Gasteiger partial charge in [-0.25, -0.2) is 10.4 Å². The van der Waals surface area contributed by atoms with Gasteiger partial charge < -0.3 is 9.84 Å². The molecule has 0 unspecified atom stereocenters. The fourth-order valence-electron chi connectivity index (χ4n) is 2.36. The van der Waals surface area contributed by atoms with E-state index in [9.17, 15) is 20.0 Å². The van der Waals surface area contributed by atoms with Gasteiger partial charge in [0.05, 0.1) is 23.9 Å². The number of methoxy groups -OCH3 is 1. The summed E-state index contributed by atoms with van der Waals surface area (Å²) in [5, 5.41) is 24.2. The zero-order valence-corrected chi connectivity index (χ0v) is 14.6. The average molecular weight is 381 g/mol. The summed E-state index contributed by atoms with van der Waals surface area (Å²) in [6.07, 6.45) is 1.30. The van der Waals surface area contributed by atoms with E-state index < -0.39 is 16.4 Å². The van der Waals surface area contributed by atoms with Gasteiger partial charge in [0.2, 0.25) is 5.95 Å². The van der Waals surface area contributed by atoms with Crippen LogP contribution >= 0.6 is 0 Å². The average Bonchev–Trinajstić information content (AvgIpc) is 2.68. The summed E-state index contributed by atoms with van der Waals surface area (Å²) in [6.45, 7) is 0. The molecule has 0 fully saturated rings. The van der Waals surface area contributed by atoms with E-state index in [1.807, 2.05) is 0 Å². The van der Waals surface area contributed by atoms with E-state index in [0.29, 0.717) is 22.6 Å². The Morgan fingerprint density at radius 3 is 2.68 bits per heavy atom. The summed E-state index contributed by atoms with van der Waals surface area (Å²) in [4.78, 5) is 28.8. The molecule has 0 aliphatic carbocycles. The number of nitro benzene ring substituents is 1. The molecule has 3 rings (SSSR count). The number of nitro groups is 1. The molecule has 2 aromatic carbocycles. The van der Waals surface area contributed by atoms with Gasteiger partial charge in [0.25, 0.3) is 5.56 Å². The van der Waals surface area contributed by atoms with Crippen molar-refractivity contribution >= 4 is 17.9 Å². The van der Waals surface area contributed by atoms with Crippen LogP contribution < -0.4 is 15.7 Å². The second-order valence-electron chi connectivity index (χ2n) is 5.58. The molecule has 0 aliphatic rings. The Balaban J connectivity index is 1.80. The predicted molar refractivity (Wildman–Crippen MR) is 103 cm³/mol. The third-order valence-electron chi connectivity index (χ3n) is 3.71. The quantitative estimate of drug-likeness (QED) is 0.338. The SMILES string of the molecule is COc1ccc(-c2cc(=O)[nH]c(N/N=C\c3ccc(O)c([N+](=O)[O-])c3)n2)cc1. The van der Waals surface area contributed by atoms with Gasteiger partial charge in [-0.3, -0.25) is 19.9 Å². The molecule has 10 heteroatoms. The number of aromatic hydroxyl groups is 1. The topological polar surface area (TPSA) is 143 Å². The first-order valence-corrected chi connectivity index (χ1v) is 7.98. The lowest BCUT2D eigenvalue weighted by Gasteiger charge is -2.05. The molecule has 0 aliphatic heterocycles. The fourth-order valence-corrected chi connectivity index (χ4v) is 2.36. The Kier molecular flexibility index (Phi) is 5.30. The van der Waals surface area contributed by atoms with E-state index in [2.05, 4.69) is 20.5 Å². The summed E-state index contributed by atoms with van der Waals surface area (Å²) >= 11 is 0. The zero-order valence-electron chi connectivity index (χ0n) is 14.6. The number of rotatable bonds is 6. The van der Waals surface area contributed by atoms with Crippen LogP contribution in [0.5, 0.6) is 11.5 Å². The number of nitrogens with zero attached hydrogens (tertiary/aromatic N) is 3. The van der Waals surface area contributed by atoms with Gasteiger partial charge in [-0.15, -0.1) is 0 Å². The van der Waals surface area contributed by atoms with Crippen LogP contribution in [0.3, 0.4) is 0 Å². The van der Waals surface area contributed by atoms with Gasteiger partial charge in [-0.1, -0.05) is 0 Å². The van der Waals surface area contributed by atoms with E-state index in [1.54, 1.807) is 31.4 Å². The molecule has 0 spiro atoms. The summed E-state index contributed by atoms with van der Waals surface area (Å²) in [6, 6.07) is 12.2. The highest BCUT2D eigenvalue weighted by molar-refractivity contribution is 5.82. The molecule has 142 valence electrons. The molecule has 0 saturated carbocycles. The minimum atomic E-state index is -0.697. The number of phenols is 1. The van der Waals surface area contributed by atoms with Crippen LogP contribution in [0.25, 0.3) is 11.3 Å². The first-order chi connectivity index (χ1) is 13.5. The molecule has 0 bridgehead atoms. The number of hydrazone groups is 1. The van der Waals surface area contributed by atoms with Gasteiger partial charge >= 0.3 is 5.69 Å². The van der Waals surface area contributed by atoms with Crippen molar-refractivity contribution in [3.63, 3.8) is 0 Å². The number of ether oxygens (including phenoxy) is 1. The third kappa shape index (κ3) is 4.30. The smallest absolute Gasteiger partial charge is 0.311 e. The molecule has 10 nitrogen and oxygen atoms in total. The van der Waals surface area contributed by atoms with Crippen LogP contribution in [0.2, 0.25) is 0 Å². The van der Waals surface area contributed by atoms with Crippen LogP contribution in [0.4, 0.5) is 11.6 Å². The number of hydrogen-bond donors (Lipinski definition) is 3. The number of H-pyrrole nitrogens is 1. The monoisotopic (exact) mass is 381 g/mol. The normalized spacial score (nSPS) is 10.8. The van der Waals surface area contributed by atoms with Crippen molar-refractivity contribution in [2.75, 3.05) is 12.5 Å². The summed E-state index contributed by atoms with van der Waals surface area (Å²) in [5.74, 6) is 0.343. The highest BCUT2D eigenvalue weighted by Gasteiger charge is 2.12. The number of hydrogen-bond acceptors (Lipinski definition) is 8. The van der Waals surface area contributed by atoms with Crippen molar-refractivity contribution in [2.45, 2.75) is 0 Å². The molecule has 1 heterocycles. The molecule has 0 amide bonds. The zero-order chi connectivity index (χ0) is 20.1. The second-order valence-corrected chi connectivity index (χ2v) is 5.58. The summed E-state index contributed by atoms with van der Waals surface area (Å²) in [5.41, 5.74) is 3.30. The Labute approximate surface area is 158 Å². The van der Waals surface area contributed by atoms with E-state index in [4.69, 9.17) is 4.74 Å².